The quantitative estimate of drug-likeness (QED) is 0.595. The molecule has 2 nitrogen and oxygen atoms in total. The first-order chi connectivity index (χ1) is 10.2. The number of nitrogens with zero attached hydrogens (tertiary/aromatic N) is 1. The normalized spacial score (nSPS) is 26.4. The number of hydrogen-bond donors (Lipinski definition) is 1. The average Bonchev–Trinajstić information content (AvgIpc) is 2.47. The molecule has 1 fully saturated rings. The summed E-state index contributed by atoms with van der Waals surface area (Å²) in [4.78, 5) is 2.72. The van der Waals surface area contributed by atoms with Crippen LogP contribution in [0.3, 0.4) is 0 Å². The molecule has 21 heavy (non-hydrogen) atoms. The van der Waals surface area contributed by atoms with E-state index in [1.54, 1.807) is 0 Å². The highest BCUT2D eigenvalue weighted by atomic mass is 15.1. The van der Waals surface area contributed by atoms with Gasteiger partial charge in [-0.1, -0.05) is 40.5 Å². The first-order valence-electron chi connectivity index (χ1n) is 9.70. The Labute approximate surface area is 134 Å². The summed E-state index contributed by atoms with van der Waals surface area (Å²) in [5.41, 5.74) is 0. The van der Waals surface area contributed by atoms with Crippen LogP contribution in [0, 0.1) is 11.8 Å². The van der Waals surface area contributed by atoms with Crippen molar-refractivity contribution in [2.45, 2.75) is 85.1 Å². The summed E-state index contributed by atoms with van der Waals surface area (Å²) in [6.45, 7) is 14.3. The summed E-state index contributed by atoms with van der Waals surface area (Å²) < 4.78 is 0. The molecule has 1 aliphatic rings. The fourth-order valence-electron chi connectivity index (χ4n) is 4.09. The highest BCUT2D eigenvalue weighted by molar-refractivity contribution is 4.86. The Bertz CT molecular complexity index is 236. The first-order valence-corrected chi connectivity index (χ1v) is 9.70. The molecule has 1 N–H and O–H groups in total. The summed E-state index contributed by atoms with van der Waals surface area (Å²) in [5, 5.41) is 3.85. The Morgan fingerprint density at radius 1 is 0.905 bits per heavy atom. The van der Waals surface area contributed by atoms with Crippen molar-refractivity contribution in [2.24, 2.45) is 11.8 Å². The molecular weight excluding hydrogens is 256 g/mol. The maximum Gasteiger partial charge on any atom is 0.0108 e. The molecule has 0 spiro atoms. The van der Waals surface area contributed by atoms with Crippen molar-refractivity contribution in [1.29, 1.82) is 0 Å². The molecule has 3 unspecified atom stereocenters. The lowest BCUT2D eigenvalue weighted by molar-refractivity contribution is 0.135. The van der Waals surface area contributed by atoms with E-state index in [2.05, 4.69) is 37.9 Å². The Hall–Kier alpha value is -0.0800. The molecule has 0 aromatic rings. The second kappa shape index (κ2) is 11.5. The monoisotopic (exact) mass is 296 g/mol. The van der Waals surface area contributed by atoms with Gasteiger partial charge in [0.15, 0.2) is 0 Å². The molecule has 0 aromatic carbocycles. The fraction of sp³-hybridized carbons (Fsp3) is 1.00. The van der Waals surface area contributed by atoms with Gasteiger partial charge in [0.25, 0.3) is 0 Å². The molecule has 0 amide bonds. The second-order valence-corrected chi connectivity index (χ2v) is 7.09. The van der Waals surface area contributed by atoms with Crippen LogP contribution in [0.1, 0.15) is 79.1 Å². The Balaban J connectivity index is 2.58. The summed E-state index contributed by atoms with van der Waals surface area (Å²) in [7, 11) is 0. The van der Waals surface area contributed by atoms with Gasteiger partial charge in [0, 0.05) is 12.6 Å². The van der Waals surface area contributed by atoms with E-state index in [0.717, 1.165) is 17.9 Å². The van der Waals surface area contributed by atoms with E-state index in [4.69, 9.17) is 0 Å². The van der Waals surface area contributed by atoms with Crippen molar-refractivity contribution >= 4 is 0 Å². The number of rotatable bonds is 11. The van der Waals surface area contributed by atoms with Crippen molar-refractivity contribution in [1.82, 2.24) is 10.2 Å². The minimum absolute atomic E-state index is 0.772. The maximum atomic E-state index is 3.85. The van der Waals surface area contributed by atoms with Crippen LogP contribution in [-0.2, 0) is 0 Å². The van der Waals surface area contributed by atoms with Gasteiger partial charge in [-0.2, -0.15) is 0 Å². The summed E-state index contributed by atoms with van der Waals surface area (Å²) in [6, 6.07) is 0.772. The van der Waals surface area contributed by atoms with Crippen LogP contribution in [0.5, 0.6) is 0 Å². The molecule has 3 atom stereocenters. The smallest absolute Gasteiger partial charge is 0.0108 e. The molecule has 0 aliphatic heterocycles. The SMILES string of the molecule is CCCNC1CCC(CCC)CC1CN(CCC)CCC. The van der Waals surface area contributed by atoms with E-state index in [1.807, 2.05) is 0 Å². The highest BCUT2D eigenvalue weighted by Gasteiger charge is 2.30. The molecule has 0 bridgehead atoms. The van der Waals surface area contributed by atoms with Crippen LogP contribution in [0.4, 0.5) is 0 Å². The fourth-order valence-corrected chi connectivity index (χ4v) is 4.09. The predicted octanol–water partition coefficient (Wildman–Crippen LogP) is 4.69. The van der Waals surface area contributed by atoms with Crippen LogP contribution >= 0.6 is 0 Å². The van der Waals surface area contributed by atoms with Crippen LogP contribution in [0.25, 0.3) is 0 Å². The first kappa shape index (κ1) is 19.0. The van der Waals surface area contributed by atoms with E-state index in [9.17, 15) is 0 Å². The average molecular weight is 297 g/mol. The maximum absolute atomic E-state index is 3.85. The van der Waals surface area contributed by atoms with Crippen LogP contribution in [-0.4, -0.2) is 37.1 Å². The third kappa shape index (κ3) is 7.15. The molecule has 1 rings (SSSR count). The van der Waals surface area contributed by atoms with Crippen molar-refractivity contribution in [2.75, 3.05) is 26.2 Å². The largest absolute Gasteiger partial charge is 0.314 e. The molecule has 1 saturated carbocycles. The van der Waals surface area contributed by atoms with E-state index >= 15 is 0 Å². The molecule has 126 valence electrons. The Morgan fingerprint density at radius 3 is 2.19 bits per heavy atom. The van der Waals surface area contributed by atoms with Crippen LogP contribution in [0.15, 0.2) is 0 Å². The van der Waals surface area contributed by atoms with Crippen molar-refractivity contribution in [3.63, 3.8) is 0 Å². The highest BCUT2D eigenvalue weighted by Crippen LogP contribution is 2.33. The summed E-state index contributed by atoms with van der Waals surface area (Å²) in [6.07, 6.45) is 11.0. The van der Waals surface area contributed by atoms with Gasteiger partial charge in [0.05, 0.1) is 0 Å². The lowest BCUT2D eigenvalue weighted by Crippen LogP contribution is -2.46. The van der Waals surface area contributed by atoms with Gasteiger partial charge in [-0.05, 0) is 70.0 Å². The third-order valence-corrected chi connectivity index (χ3v) is 5.02. The second-order valence-electron chi connectivity index (χ2n) is 7.09. The zero-order chi connectivity index (χ0) is 15.5. The van der Waals surface area contributed by atoms with Crippen molar-refractivity contribution < 1.29 is 0 Å². The predicted molar refractivity (Wildman–Crippen MR) is 94.8 cm³/mol. The van der Waals surface area contributed by atoms with Crippen molar-refractivity contribution in [3.8, 4) is 0 Å². The lowest BCUT2D eigenvalue weighted by atomic mass is 9.76. The van der Waals surface area contributed by atoms with Gasteiger partial charge >= 0.3 is 0 Å². The van der Waals surface area contributed by atoms with Gasteiger partial charge in [-0.15, -0.1) is 0 Å². The molecule has 1 aliphatic carbocycles. The molecule has 0 aromatic heterocycles. The van der Waals surface area contributed by atoms with Gasteiger partial charge in [0.2, 0.25) is 0 Å². The van der Waals surface area contributed by atoms with Gasteiger partial charge in [-0.3, -0.25) is 0 Å². The number of hydrogen-bond acceptors (Lipinski definition) is 2. The van der Waals surface area contributed by atoms with Gasteiger partial charge in [0.1, 0.15) is 0 Å². The van der Waals surface area contributed by atoms with Crippen molar-refractivity contribution in [3.05, 3.63) is 0 Å². The molecule has 2 heteroatoms. The zero-order valence-electron chi connectivity index (χ0n) is 15.2. The Kier molecular flexibility index (Phi) is 10.4. The zero-order valence-corrected chi connectivity index (χ0v) is 15.2. The number of nitrogens with one attached hydrogen (secondary N) is 1. The summed E-state index contributed by atoms with van der Waals surface area (Å²) in [5.74, 6) is 1.87. The topological polar surface area (TPSA) is 15.3 Å². The molecule has 0 heterocycles. The van der Waals surface area contributed by atoms with Crippen LogP contribution < -0.4 is 5.32 Å². The summed E-state index contributed by atoms with van der Waals surface area (Å²) >= 11 is 0. The lowest BCUT2D eigenvalue weighted by Gasteiger charge is -2.39. The van der Waals surface area contributed by atoms with E-state index in [0.29, 0.717) is 0 Å². The van der Waals surface area contributed by atoms with E-state index in [1.165, 1.54) is 77.5 Å². The molecule has 0 radical (unpaired) electrons. The molecule has 0 saturated heterocycles. The molecular formula is C19H40N2. The van der Waals surface area contributed by atoms with E-state index < -0.39 is 0 Å². The van der Waals surface area contributed by atoms with E-state index in [-0.39, 0.29) is 0 Å². The van der Waals surface area contributed by atoms with Gasteiger partial charge < -0.3 is 10.2 Å². The Morgan fingerprint density at radius 2 is 1.62 bits per heavy atom. The van der Waals surface area contributed by atoms with Crippen LogP contribution in [0.2, 0.25) is 0 Å². The minimum atomic E-state index is 0.772. The minimum Gasteiger partial charge on any atom is -0.314 e. The van der Waals surface area contributed by atoms with Gasteiger partial charge in [-0.25, -0.2) is 0 Å². The standard InChI is InChI=1S/C19H40N2/c1-5-9-17-10-11-19(20-12-6-2)18(15-17)16-21(13-7-3)14-8-4/h17-20H,5-16H2,1-4H3. The third-order valence-electron chi connectivity index (χ3n) is 5.02.